The molecule has 1 aromatic heterocycles. The molecular formula is C11H9Cl2N3O2. The molecule has 0 atom stereocenters. The first-order chi connectivity index (χ1) is 8.61. The Hall–Kier alpha value is -1.59. The quantitative estimate of drug-likeness (QED) is 0.938. The Morgan fingerprint density at radius 1 is 1.39 bits per heavy atom. The third-order valence-corrected chi connectivity index (χ3v) is 2.75. The third-order valence-electron chi connectivity index (χ3n) is 2.24. The van der Waals surface area contributed by atoms with Crippen LogP contribution in [-0.4, -0.2) is 29.5 Å². The summed E-state index contributed by atoms with van der Waals surface area (Å²) in [7, 11) is 1.53. The number of nitrogens with one attached hydrogen (secondary N) is 1. The molecule has 0 aliphatic rings. The highest BCUT2D eigenvalue weighted by molar-refractivity contribution is 6.38. The summed E-state index contributed by atoms with van der Waals surface area (Å²) in [4.78, 5) is 19.1. The molecule has 0 saturated carbocycles. The number of likely N-dealkylation sites (N-methyl/N-ethyl adjacent to an activating group) is 1. The lowest BCUT2D eigenvalue weighted by atomic mass is 10.2. The van der Waals surface area contributed by atoms with Crippen molar-refractivity contribution in [2.75, 3.05) is 13.7 Å². The zero-order chi connectivity index (χ0) is 13.1. The minimum Gasteiger partial charge on any atom is -0.467 e. The van der Waals surface area contributed by atoms with Crippen molar-refractivity contribution in [3.63, 3.8) is 0 Å². The van der Waals surface area contributed by atoms with Crippen molar-refractivity contribution >= 4 is 40.0 Å². The Labute approximate surface area is 113 Å². The van der Waals surface area contributed by atoms with E-state index in [1.54, 1.807) is 12.1 Å². The van der Waals surface area contributed by atoms with Crippen molar-refractivity contribution in [3.8, 4) is 5.88 Å². The molecule has 1 N–H and O–H groups in total. The number of ether oxygens (including phenoxy) is 1. The number of hydrogen-bond donors (Lipinski definition) is 1. The van der Waals surface area contributed by atoms with E-state index in [2.05, 4.69) is 15.3 Å². The van der Waals surface area contributed by atoms with Gasteiger partial charge in [0.05, 0.1) is 15.9 Å². The molecule has 18 heavy (non-hydrogen) atoms. The van der Waals surface area contributed by atoms with Crippen LogP contribution in [0.5, 0.6) is 5.88 Å². The summed E-state index contributed by atoms with van der Waals surface area (Å²) in [5.74, 6) is 0.0166. The number of rotatable bonds is 3. The minimum atomic E-state index is -0.255. The van der Waals surface area contributed by atoms with E-state index in [0.717, 1.165) is 0 Å². The van der Waals surface area contributed by atoms with E-state index in [9.17, 15) is 4.79 Å². The van der Waals surface area contributed by atoms with E-state index >= 15 is 0 Å². The van der Waals surface area contributed by atoms with Gasteiger partial charge in [-0.25, -0.2) is 9.97 Å². The summed E-state index contributed by atoms with van der Waals surface area (Å²) in [6.45, 7) is -0.132. The molecule has 0 spiro atoms. The van der Waals surface area contributed by atoms with Crippen LogP contribution >= 0.6 is 23.2 Å². The lowest BCUT2D eigenvalue weighted by Crippen LogP contribution is -2.25. The van der Waals surface area contributed by atoms with Gasteiger partial charge in [-0.2, -0.15) is 0 Å². The van der Waals surface area contributed by atoms with E-state index in [4.69, 9.17) is 27.9 Å². The zero-order valence-electron chi connectivity index (χ0n) is 9.41. The number of fused-ring (bicyclic) bond motifs is 1. The zero-order valence-corrected chi connectivity index (χ0v) is 10.9. The van der Waals surface area contributed by atoms with Crippen LogP contribution in [0.15, 0.2) is 18.5 Å². The average Bonchev–Trinajstić information content (AvgIpc) is 2.36. The summed E-state index contributed by atoms with van der Waals surface area (Å²) < 4.78 is 5.30. The number of nitrogens with zero attached hydrogens (tertiary/aromatic N) is 2. The Bertz CT molecular complexity index is 604. The summed E-state index contributed by atoms with van der Waals surface area (Å²) in [6, 6.07) is 3.23. The van der Waals surface area contributed by atoms with E-state index in [0.29, 0.717) is 20.9 Å². The van der Waals surface area contributed by atoms with Crippen LogP contribution in [-0.2, 0) is 4.79 Å². The van der Waals surface area contributed by atoms with Crippen LogP contribution in [0, 0.1) is 0 Å². The summed E-state index contributed by atoms with van der Waals surface area (Å²) in [5.41, 5.74) is 0.531. The Morgan fingerprint density at radius 3 is 2.89 bits per heavy atom. The molecule has 7 heteroatoms. The number of carbonyl (C=O) groups is 1. The van der Waals surface area contributed by atoms with Gasteiger partial charge in [0, 0.05) is 12.1 Å². The second-order valence-corrected chi connectivity index (χ2v) is 4.27. The fourth-order valence-electron chi connectivity index (χ4n) is 1.39. The van der Waals surface area contributed by atoms with Crippen LogP contribution in [0.1, 0.15) is 0 Å². The number of amides is 1. The Kier molecular flexibility index (Phi) is 3.84. The predicted molar refractivity (Wildman–Crippen MR) is 69.1 cm³/mol. The van der Waals surface area contributed by atoms with Crippen LogP contribution in [0.3, 0.4) is 0 Å². The van der Waals surface area contributed by atoms with Crippen molar-refractivity contribution < 1.29 is 9.53 Å². The molecule has 5 nitrogen and oxygen atoms in total. The molecular weight excluding hydrogens is 277 g/mol. The molecule has 1 amide bonds. The monoisotopic (exact) mass is 285 g/mol. The molecule has 2 rings (SSSR count). The van der Waals surface area contributed by atoms with Gasteiger partial charge in [0.15, 0.2) is 6.61 Å². The van der Waals surface area contributed by atoms with Gasteiger partial charge in [0.1, 0.15) is 6.33 Å². The van der Waals surface area contributed by atoms with Gasteiger partial charge in [-0.05, 0) is 12.1 Å². The van der Waals surface area contributed by atoms with Gasteiger partial charge in [-0.1, -0.05) is 23.2 Å². The summed E-state index contributed by atoms with van der Waals surface area (Å²) >= 11 is 11.9. The third kappa shape index (κ3) is 2.63. The number of halogens is 2. The molecule has 1 aromatic carbocycles. The van der Waals surface area contributed by atoms with Crippen molar-refractivity contribution in [2.24, 2.45) is 0 Å². The van der Waals surface area contributed by atoms with E-state index in [-0.39, 0.29) is 18.4 Å². The number of carbonyl (C=O) groups excluding carboxylic acids is 1. The first-order valence-corrected chi connectivity index (χ1v) is 5.80. The topological polar surface area (TPSA) is 64.1 Å². The van der Waals surface area contributed by atoms with Crippen LogP contribution in [0.2, 0.25) is 10.0 Å². The molecule has 1 heterocycles. The second kappa shape index (κ2) is 5.37. The predicted octanol–water partition coefficient (Wildman–Crippen LogP) is 2.06. The van der Waals surface area contributed by atoms with Crippen molar-refractivity contribution in [1.82, 2.24) is 15.3 Å². The standard InChI is InChI=1S/C11H9Cl2N3O2/c1-14-9(17)4-18-11-7-2-6(12)3-8(13)10(7)15-5-16-11/h2-3,5H,4H2,1H3,(H,14,17). The number of benzene rings is 1. The van der Waals surface area contributed by atoms with Crippen LogP contribution < -0.4 is 10.1 Å². The van der Waals surface area contributed by atoms with Crippen molar-refractivity contribution in [3.05, 3.63) is 28.5 Å². The highest BCUT2D eigenvalue weighted by atomic mass is 35.5. The molecule has 0 saturated heterocycles. The van der Waals surface area contributed by atoms with Gasteiger partial charge in [-0.3, -0.25) is 4.79 Å². The first kappa shape index (κ1) is 12.9. The van der Waals surface area contributed by atoms with Crippen LogP contribution in [0.25, 0.3) is 10.9 Å². The van der Waals surface area contributed by atoms with Gasteiger partial charge < -0.3 is 10.1 Å². The number of aromatic nitrogens is 2. The smallest absolute Gasteiger partial charge is 0.257 e. The molecule has 0 fully saturated rings. The maximum atomic E-state index is 11.1. The fraction of sp³-hybridized carbons (Fsp3) is 0.182. The normalized spacial score (nSPS) is 10.4. The molecule has 0 aliphatic heterocycles. The summed E-state index contributed by atoms with van der Waals surface area (Å²) in [5, 5.41) is 3.87. The lowest BCUT2D eigenvalue weighted by molar-refractivity contribution is -0.122. The van der Waals surface area contributed by atoms with E-state index in [1.165, 1.54) is 13.4 Å². The summed E-state index contributed by atoms with van der Waals surface area (Å²) in [6.07, 6.45) is 1.32. The highest BCUT2D eigenvalue weighted by Crippen LogP contribution is 2.30. The van der Waals surface area contributed by atoms with Crippen molar-refractivity contribution in [2.45, 2.75) is 0 Å². The second-order valence-electron chi connectivity index (χ2n) is 3.42. The maximum Gasteiger partial charge on any atom is 0.257 e. The van der Waals surface area contributed by atoms with Crippen LogP contribution in [0.4, 0.5) is 0 Å². The molecule has 94 valence electrons. The molecule has 0 bridgehead atoms. The molecule has 0 unspecified atom stereocenters. The van der Waals surface area contributed by atoms with Gasteiger partial charge in [0.2, 0.25) is 5.88 Å². The minimum absolute atomic E-state index is 0.132. The largest absolute Gasteiger partial charge is 0.467 e. The Morgan fingerprint density at radius 2 is 2.17 bits per heavy atom. The highest BCUT2D eigenvalue weighted by Gasteiger charge is 2.10. The average molecular weight is 286 g/mol. The molecule has 2 aromatic rings. The molecule has 0 radical (unpaired) electrons. The van der Waals surface area contributed by atoms with Gasteiger partial charge >= 0.3 is 0 Å². The van der Waals surface area contributed by atoms with Gasteiger partial charge in [0.25, 0.3) is 5.91 Å². The maximum absolute atomic E-state index is 11.1. The Balaban J connectivity index is 2.41. The van der Waals surface area contributed by atoms with E-state index in [1.807, 2.05) is 0 Å². The fourth-order valence-corrected chi connectivity index (χ4v) is 1.93. The van der Waals surface area contributed by atoms with E-state index < -0.39 is 0 Å². The number of hydrogen-bond acceptors (Lipinski definition) is 4. The first-order valence-electron chi connectivity index (χ1n) is 5.05. The SMILES string of the molecule is CNC(=O)COc1ncnc2c(Cl)cc(Cl)cc12. The van der Waals surface area contributed by atoms with Crippen molar-refractivity contribution in [1.29, 1.82) is 0 Å². The lowest BCUT2D eigenvalue weighted by Gasteiger charge is -2.08. The van der Waals surface area contributed by atoms with Gasteiger partial charge in [-0.15, -0.1) is 0 Å². The molecule has 0 aliphatic carbocycles.